The standard InChI is InChI=1S/C15H17BrClNOS/c1-15(2,3)13-9-20-14(18-13)8-19-12-5-4-11(17)6-10(12)7-16/h4-6,9H,7-8H2,1-3H3. The van der Waals surface area contributed by atoms with Crippen LogP contribution in [-0.2, 0) is 17.4 Å². The Morgan fingerprint density at radius 3 is 2.70 bits per heavy atom. The molecule has 0 aliphatic heterocycles. The first-order chi connectivity index (χ1) is 9.40. The summed E-state index contributed by atoms with van der Waals surface area (Å²) in [6.45, 7) is 6.97. The molecular formula is C15H17BrClNOS. The van der Waals surface area contributed by atoms with Crippen molar-refractivity contribution in [3.63, 3.8) is 0 Å². The second-order valence-electron chi connectivity index (χ2n) is 5.55. The summed E-state index contributed by atoms with van der Waals surface area (Å²) in [5.74, 6) is 0.846. The Hall–Kier alpha value is -0.580. The van der Waals surface area contributed by atoms with Crippen LogP contribution in [0, 0.1) is 0 Å². The second kappa shape index (κ2) is 6.46. The summed E-state index contributed by atoms with van der Waals surface area (Å²) in [7, 11) is 0. The minimum atomic E-state index is 0.0794. The molecule has 0 spiro atoms. The maximum absolute atomic E-state index is 5.98. The Balaban J connectivity index is 2.07. The zero-order valence-corrected chi connectivity index (χ0v) is 14.9. The molecule has 0 N–H and O–H groups in total. The maximum Gasteiger partial charge on any atom is 0.140 e. The van der Waals surface area contributed by atoms with Gasteiger partial charge in [0.1, 0.15) is 17.4 Å². The highest BCUT2D eigenvalue weighted by atomic mass is 79.9. The largest absolute Gasteiger partial charge is 0.486 e. The van der Waals surface area contributed by atoms with Crippen molar-refractivity contribution in [1.82, 2.24) is 4.98 Å². The molecule has 2 nitrogen and oxygen atoms in total. The number of benzene rings is 1. The lowest BCUT2D eigenvalue weighted by atomic mass is 9.93. The summed E-state index contributed by atoms with van der Waals surface area (Å²) >= 11 is 11.1. The summed E-state index contributed by atoms with van der Waals surface area (Å²) < 4.78 is 5.85. The monoisotopic (exact) mass is 373 g/mol. The molecular weight excluding hydrogens is 358 g/mol. The van der Waals surface area contributed by atoms with Crippen molar-refractivity contribution < 1.29 is 4.74 Å². The van der Waals surface area contributed by atoms with Gasteiger partial charge in [-0.05, 0) is 18.2 Å². The van der Waals surface area contributed by atoms with Gasteiger partial charge in [-0.1, -0.05) is 48.3 Å². The van der Waals surface area contributed by atoms with Crippen molar-refractivity contribution in [3.8, 4) is 5.75 Å². The highest BCUT2D eigenvalue weighted by Gasteiger charge is 2.17. The van der Waals surface area contributed by atoms with E-state index in [2.05, 4.69) is 47.1 Å². The van der Waals surface area contributed by atoms with E-state index >= 15 is 0 Å². The zero-order valence-electron chi connectivity index (χ0n) is 11.7. The van der Waals surface area contributed by atoms with Crippen LogP contribution in [0.15, 0.2) is 23.6 Å². The van der Waals surface area contributed by atoms with Gasteiger partial charge in [0.2, 0.25) is 0 Å². The zero-order chi connectivity index (χ0) is 14.8. The van der Waals surface area contributed by atoms with Gasteiger partial charge in [-0.3, -0.25) is 0 Å². The fourth-order valence-electron chi connectivity index (χ4n) is 1.65. The molecule has 108 valence electrons. The van der Waals surface area contributed by atoms with Gasteiger partial charge in [-0.2, -0.15) is 0 Å². The quantitative estimate of drug-likeness (QED) is 0.653. The topological polar surface area (TPSA) is 22.1 Å². The molecule has 0 unspecified atom stereocenters. The van der Waals surface area contributed by atoms with Crippen LogP contribution in [0.4, 0.5) is 0 Å². The Kier molecular flexibility index (Phi) is 5.10. The Morgan fingerprint density at radius 1 is 1.35 bits per heavy atom. The van der Waals surface area contributed by atoms with Crippen LogP contribution in [0.25, 0.3) is 0 Å². The minimum Gasteiger partial charge on any atom is -0.486 e. The highest BCUT2D eigenvalue weighted by Crippen LogP contribution is 2.27. The molecule has 0 aliphatic rings. The number of ether oxygens (including phenoxy) is 1. The maximum atomic E-state index is 5.98. The minimum absolute atomic E-state index is 0.0794. The number of thiazole rings is 1. The molecule has 1 aromatic heterocycles. The molecule has 0 bridgehead atoms. The highest BCUT2D eigenvalue weighted by molar-refractivity contribution is 9.08. The van der Waals surface area contributed by atoms with E-state index in [0.29, 0.717) is 11.9 Å². The molecule has 0 amide bonds. The third kappa shape index (κ3) is 3.96. The third-order valence-electron chi connectivity index (χ3n) is 2.84. The van der Waals surface area contributed by atoms with Gasteiger partial charge in [0.05, 0.1) is 5.69 Å². The lowest BCUT2D eigenvalue weighted by Crippen LogP contribution is -2.11. The second-order valence-corrected chi connectivity index (χ2v) is 7.49. The fourth-order valence-corrected chi connectivity index (χ4v) is 3.22. The summed E-state index contributed by atoms with van der Waals surface area (Å²) in [5, 5.41) is 4.53. The number of hydrogen-bond acceptors (Lipinski definition) is 3. The summed E-state index contributed by atoms with van der Waals surface area (Å²) in [5.41, 5.74) is 2.23. The lowest BCUT2D eigenvalue weighted by Gasteiger charge is -2.14. The van der Waals surface area contributed by atoms with Crippen molar-refractivity contribution in [2.24, 2.45) is 0 Å². The molecule has 0 fully saturated rings. The number of aromatic nitrogens is 1. The van der Waals surface area contributed by atoms with Crippen molar-refractivity contribution in [3.05, 3.63) is 44.9 Å². The van der Waals surface area contributed by atoms with Crippen LogP contribution in [0.2, 0.25) is 5.02 Å². The van der Waals surface area contributed by atoms with Gasteiger partial charge >= 0.3 is 0 Å². The van der Waals surface area contributed by atoms with Gasteiger partial charge in [0, 0.05) is 26.7 Å². The third-order valence-corrected chi connectivity index (χ3v) is 4.50. The van der Waals surface area contributed by atoms with Crippen LogP contribution < -0.4 is 4.74 Å². The van der Waals surface area contributed by atoms with Crippen LogP contribution in [0.1, 0.15) is 37.0 Å². The number of alkyl halides is 1. The normalized spacial score (nSPS) is 11.7. The number of rotatable bonds is 4. The Morgan fingerprint density at radius 2 is 2.10 bits per heavy atom. The molecule has 0 radical (unpaired) electrons. The first-order valence-corrected chi connectivity index (χ1v) is 8.70. The van der Waals surface area contributed by atoms with Crippen LogP contribution in [0.5, 0.6) is 5.75 Å². The van der Waals surface area contributed by atoms with Crippen molar-refractivity contribution in [1.29, 1.82) is 0 Å². The molecule has 5 heteroatoms. The van der Waals surface area contributed by atoms with E-state index in [9.17, 15) is 0 Å². The Labute approximate surface area is 137 Å². The van der Waals surface area contributed by atoms with E-state index in [-0.39, 0.29) is 5.41 Å². The molecule has 0 saturated heterocycles. The van der Waals surface area contributed by atoms with Gasteiger partial charge in [0.15, 0.2) is 0 Å². The molecule has 0 saturated carbocycles. The molecule has 0 aliphatic carbocycles. The van der Waals surface area contributed by atoms with E-state index in [1.165, 1.54) is 0 Å². The van der Waals surface area contributed by atoms with Crippen LogP contribution >= 0.6 is 38.9 Å². The van der Waals surface area contributed by atoms with Crippen LogP contribution in [-0.4, -0.2) is 4.98 Å². The molecule has 0 atom stereocenters. The molecule has 20 heavy (non-hydrogen) atoms. The van der Waals surface area contributed by atoms with E-state index < -0.39 is 0 Å². The number of hydrogen-bond donors (Lipinski definition) is 0. The first-order valence-electron chi connectivity index (χ1n) is 6.32. The van der Waals surface area contributed by atoms with Crippen molar-refractivity contribution in [2.45, 2.75) is 38.1 Å². The summed E-state index contributed by atoms with van der Waals surface area (Å²) in [6.07, 6.45) is 0. The van der Waals surface area contributed by atoms with E-state index in [1.807, 2.05) is 18.2 Å². The summed E-state index contributed by atoms with van der Waals surface area (Å²) in [4.78, 5) is 4.63. The van der Waals surface area contributed by atoms with E-state index in [1.54, 1.807) is 11.3 Å². The molecule has 2 rings (SSSR count). The fraction of sp³-hybridized carbons (Fsp3) is 0.400. The molecule has 2 aromatic rings. The van der Waals surface area contributed by atoms with Gasteiger partial charge in [0.25, 0.3) is 0 Å². The van der Waals surface area contributed by atoms with E-state index in [4.69, 9.17) is 16.3 Å². The van der Waals surface area contributed by atoms with E-state index in [0.717, 1.165) is 27.0 Å². The first kappa shape index (κ1) is 15.8. The van der Waals surface area contributed by atoms with Gasteiger partial charge in [-0.25, -0.2) is 4.98 Å². The van der Waals surface area contributed by atoms with Gasteiger partial charge in [-0.15, -0.1) is 11.3 Å². The summed E-state index contributed by atoms with van der Waals surface area (Å²) in [6, 6.07) is 5.65. The average molecular weight is 375 g/mol. The predicted octanol–water partition coefficient (Wildman–Crippen LogP) is 5.57. The van der Waals surface area contributed by atoms with Crippen molar-refractivity contribution >= 4 is 38.9 Å². The predicted molar refractivity (Wildman–Crippen MR) is 89.2 cm³/mol. The average Bonchev–Trinajstić information content (AvgIpc) is 2.86. The lowest BCUT2D eigenvalue weighted by molar-refractivity contribution is 0.302. The molecule has 1 heterocycles. The number of nitrogens with zero attached hydrogens (tertiary/aromatic N) is 1. The number of halogens is 2. The van der Waals surface area contributed by atoms with Crippen molar-refractivity contribution in [2.75, 3.05) is 0 Å². The smallest absolute Gasteiger partial charge is 0.140 e. The van der Waals surface area contributed by atoms with Crippen LogP contribution in [0.3, 0.4) is 0 Å². The Bertz CT molecular complexity index is 592. The van der Waals surface area contributed by atoms with Gasteiger partial charge < -0.3 is 4.74 Å². The molecule has 1 aromatic carbocycles. The SMILES string of the molecule is CC(C)(C)c1csc(COc2ccc(Cl)cc2CBr)n1.